The van der Waals surface area contributed by atoms with Crippen LogP contribution < -0.4 is 10.6 Å². The number of Topliss-reactive ketones (excluding diaryl/α,β-unsaturated/α-hetero) is 2. The van der Waals surface area contributed by atoms with Crippen molar-refractivity contribution >= 4 is 41.5 Å². The quantitative estimate of drug-likeness (QED) is 0.0279. The molecule has 0 aromatic carbocycles. The highest BCUT2D eigenvalue weighted by Crippen LogP contribution is 2.35. The van der Waals surface area contributed by atoms with Gasteiger partial charge in [-0.2, -0.15) is 0 Å². The molecule has 2 saturated heterocycles. The molecule has 0 spiro atoms. The van der Waals surface area contributed by atoms with E-state index in [1.807, 2.05) is 0 Å². The molecular formula is C40H65N3O20. The number of unbranched alkanes of at least 4 members (excludes halogenated alkanes) is 2. The van der Waals surface area contributed by atoms with E-state index in [4.69, 9.17) is 28.8 Å². The number of aliphatic hydroxyl groups excluding tert-OH is 7. The van der Waals surface area contributed by atoms with Crippen molar-refractivity contribution in [3.63, 3.8) is 0 Å². The number of aldehydes is 1. The molecular weight excluding hydrogens is 842 g/mol. The van der Waals surface area contributed by atoms with E-state index in [0.717, 1.165) is 4.90 Å². The Bertz CT molecular complexity index is 1490. The lowest BCUT2D eigenvalue weighted by molar-refractivity contribution is -0.358. The zero-order valence-electron chi connectivity index (χ0n) is 35.6. The topological polar surface area (TPSA) is 355 Å². The molecule has 63 heavy (non-hydrogen) atoms. The molecule has 10 N–H and O–H groups in total. The molecule has 2 aliphatic heterocycles. The van der Waals surface area contributed by atoms with Crippen molar-refractivity contribution in [1.82, 2.24) is 15.5 Å². The van der Waals surface area contributed by atoms with Gasteiger partial charge in [0.2, 0.25) is 17.7 Å². The number of nitrogens with one attached hydrogen (secondary N) is 2. The lowest BCUT2D eigenvalue weighted by atomic mass is 9.79. The number of aliphatic hydroxyl groups is 7. The summed E-state index contributed by atoms with van der Waals surface area (Å²) < 4.78 is 30.3. The molecule has 0 bridgehead atoms. The number of hydrogen-bond donors (Lipinski definition) is 10. The number of amides is 3. The van der Waals surface area contributed by atoms with E-state index < -0.39 is 141 Å². The lowest BCUT2D eigenvalue weighted by Gasteiger charge is -2.49. The Morgan fingerprint density at radius 3 is 2.08 bits per heavy atom. The highest BCUT2D eigenvalue weighted by molar-refractivity contribution is 5.90. The number of carbonyl (C=O) groups excluding carboxylic acids is 6. The summed E-state index contributed by atoms with van der Waals surface area (Å²) >= 11 is 0. The Labute approximate surface area is 364 Å². The fraction of sp³-hybridized carbons (Fsp3) is 0.825. The minimum Gasteiger partial charge on any atom is -0.480 e. The molecule has 3 fully saturated rings. The van der Waals surface area contributed by atoms with Gasteiger partial charge in [-0.15, -0.1) is 0 Å². The Balaban J connectivity index is 1.52. The summed E-state index contributed by atoms with van der Waals surface area (Å²) in [6.07, 6.45) is -14.2. The number of carbonyl (C=O) groups is 7. The van der Waals surface area contributed by atoms with Crippen LogP contribution in [0.3, 0.4) is 0 Å². The number of hydrogen-bond acceptors (Lipinski definition) is 19. The molecule has 14 atom stereocenters. The first-order valence-corrected chi connectivity index (χ1v) is 21.3. The normalized spacial score (nSPS) is 32.0. The number of rotatable bonds is 27. The van der Waals surface area contributed by atoms with E-state index in [9.17, 15) is 69.3 Å². The van der Waals surface area contributed by atoms with Crippen LogP contribution in [0.2, 0.25) is 0 Å². The number of nitrogens with zero attached hydrogens (tertiary/aromatic N) is 1. The number of ketones is 2. The number of carboxylic acids is 1. The smallest absolute Gasteiger partial charge is 0.323 e. The summed E-state index contributed by atoms with van der Waals surface area (Å²) in [4.78, 5) is 83.6. The van der Waals surface area contributed by atoms with Gasteiger partial charge in [0.15, 0.2) is 18.4 Å². The highest BCUT2D eigenvalue weighted by Gasteiger charge is 2.53. The Morgan fingerprint density at radius 2 is 1.46 bits per heavy atom. The summed E-state index contributed by atoms with van der Waals surface area (Å²) in [6, 6.07) is -1.20. The fourth-order valence-electron chi connectivity index (χ4n) is 7.64. The maximum absolute atomic E-state index is 12.6. The monoisotopic (exact) mass is 907 g/mol. The third kappa shape index (κ3) is 17.0. The number of aliphatic carboxylic acids is 1. The van der Waals surface area contributed by atoms with Gasteiger partial charge in [0.25, 0.3) is 0 Å². The maximum atomic E-state index is 12.6. The first-order valence-electron chi connectivity index (χ1n) is 21.3. The second kappa shape index (κ2) is 27.0. The van der Waals surface area contributed by atoms with E-state index in [0.29, 0.717) is 32.0 Å². The Kier molecular flexibility index (Phi) is 23.1. The summed E-state index contributed by atoms with van der Waals surface area (Å²) in [5, 5.41) is 87.6. The van der Waals surface area contributed by atoms with Crippen LogP contribution in [0, 0.1) is 5.92 Å². The van der Waals surface area contributed by atoms with Gasteiger partial charge in [-0.1, -0.05) is 0 Å². The van der Waals surface area contributed by atoms with Gasteiger partial charge in [0.1, 0.15) is 55.2 Å². The number of ether oxygens (including phenoxy) is 5. The summed E-state index contributed by atoms with van der Waals surface area (Å²) in [7, 11) is 0. The van der Waals surface area contributed by atoms with E-state index in [1.54, 1.807) is 0 Å². The molecule has 3 amide bonds. The maximum Gasteiger partial charge on any atom is 0.323 e. The van der Waals surface area contributed by atoms with E-state index in [2.05, 4.69) is 10.6 Å². The van der Waals surface area contributed by atoms with Crippen LogP contribution in [0.15, 0.2) is 0 Å². The molecule has 23 nitrogen and oxygen atoms in total. The molecule has 5 unspecified atom stereocenters. The third-order valence-electron chi connectivity index (χ3n) is 11.2. The molecule has 2 heterocycles. The minimum absolute atomic E-state index is 0.0101. The van der Waals surface area contributed by atoms with Gasteiger partial charge in [0, 0.05) is 64.6 Å². The zero-order valence-corrected chi connectivity index (χ0v) is 35.6. The highest BCUT2D eigenvalue weighted by atomic mass is 16.8. The summed E-state index contributed by atoms with van der Waals surface area (Å²) in [5.41, 5.74) is 0. The Hall–Kier alpha value is -3.59. The first kappa shape index (κ1) is 53.7. The summed E-state index contributed by atoms with van der Waals surface area (Å²) in [6.45, 7) is 0.0188. The van der Waals surface area contributed by atoms with Crippen molar-refractivity contribution in [3.05, 3.63) is 0 Å². The van der Waals surface area contributed by atoms with Crippen molar-refractivity contribution in [2.24, 2.45) is 5.92 Å². The van der Waals surface area contributed by atoms with Crippen molar-refractivity contribution in [1.29, 1.82) is 0 Å². The Morgan fingerprint density at radius 1 is 0.778 bits per heavy atom. The van der Waals surface area contributed by atoms with Crippen molar-refractivity contribution < 1.29 is 98.1 Å². The van der Waals surface area contributed by atoms with E-state index >= 15 is 0 Å². The molecule has 1 saturated carbocycles. The zero-order chi connectivity index (χ0) is 46.8. The van der Waals surface area contributed by atoms with Gasteiger partial charge in [-0.05, 0) is 39.0 Å². The van der Waals surface area contributed by atoms with Crippen molar-refractivity contribution in [2.75, 3.05) is 39.5 Å². The van der Waals surface area contributed by atoms with Crippen LogP contribution in [0.5, 0.6) is 0 Å². The van der Waals surface area contributed by atoms with Crippen LogP contribution >= 0.6 is 0 Å². The van der Waals surface area contributed by atoms with E-state index in [-0.39, 0.29) is 63.9 Å². The number of carboxylic acid groups (broad SMARTS) is 1. The van der Waals surface area contributed by atoms with Crippen molar-refractivity contribution in [2.45, 2.75) is 164 Å². The van der Waals surface area contributed by atoms with Crippen LogP contribution in [0.25, 0.3) is 0 Å². The second-order valence-electron chi connectivity index (χ2n) is 16.1. The molecule has 23 heteroatoms. The molecule has 1 aliphatic carbocycles. The van der Waals surface area contributed by atoms with Gasteiger partial charge >= 0.3 is 5.97 Å². The minimum atomic E-state index is -1.60. The van der Waals surface area contributed by atoms with Crippen LogP contribution in [0.4, 0.5) is 0 Å². The van der Waals surface area contributed by atoms with Gasteiger partial charge in [0.05, 0.1) is 50.2 Å². The SMILES string of the molecule is CC(=O)NC1[C@@H](O)[C@@H](O)C(CO)C[C@H]1O[C@@H]1C(O[C@H]2C[C@H](O)[C@@H](O)C(C)O2)[C@H](OCCCCC(=O)CCCCC(=O)NCC(=O)CCC(=O)N(CC=O)CC(=O)O)OC(CO)[C@@H]1O. The summed E-state index contributed by atoms with van der Waals surface area (Å²) in [5.74, 6) is -4.40. The van der Waals surface area contributed by atoms with Crippen molar-refractivity contribution in [3.8, 4) is 0 Å². The average Bonchev–Trinajstić information content (AvgIpc) is 3.23. The van der Waals surface area contributed by atoms with Gasteiger partial charge < -0.3 is 84.9 Å². The van der Waals surface area contributed by atoms with E-state index in [1.165, 1.54) is 13.8 Å². The standard InChI is InChI=1S/C40H65N3O20/c1-21-34(55)26(50)16-32(60-21)63-39-38(61-27-15-23(19-45)35(56)37(58)33(27)42-22(2)47)36(57)28(20-46)62-40(39)59-14-6-5-8-24(48)7-3-4-9-29(51)41-17-25(49)10-11-30(52)43(12-13-44)18-31(53)54/h13,21,23,26-28,32-40,45-46,50,55-58H,3-12,14-20H2,1-2H3,(H,41,51)(H,42,47)(H,53,54)/t21?,23?,26-,27+,28?,32-,33?,34-,35-,36-,37+,38-,39?,40+/m0/s1. The molecule has 3 aliphatic rings. The lowest BCUT2D eigenvalue weighted by Crippen LogP contribution is -2.66. The van der Waals surface area contributed by atoms with Gasteiger partial charge in [-0.3, -0.25) is 28.8 Å². The van der Waals surface area contributed by atoms with Crippen LogP contribution in [-0.2, 0) is 57.2 Å². The third-order valence-corrected chi connectivity index (χ3v) is 11.2. The molecule has 0 radical (unpaired) electrons. The predicted molar refractivity (Wildman–Crippen MR) is 212 cm³/mol. The molecule has 3 rings (SSSR count). The van der Waals surface area contributed by atoms with Crippen LogP contribution in [-0.4, -0.2) is 206 Å². The van der Waals surface area contributed by atoms with Gasteiger partial charge in [-0.25, -0.2) is 0 Å². The largest absolute Gasteiger partial charge is 0.480 e. The first-order chi connectivity index (χ1) is 29.9. The van der Waals surface area contributed by atoms with Crippen LogP contribution in [0.1, 0.15) is 84.5 Å². The second-order valence-corrected chi connectivity index (χ2v) is 16.1. The average molecular weight is 908 g/mol. The molecule has 0 aromatic rings. The predicted octanol–water partition coefficient (Wildman–Crippen LogP) is -3.81. The molecule has 360 valence electrons. The molecule has 0 aromatic heterocycles. The fourth-order valence-corrected chi connectivity index (χ4v) is 7.64.